The van der Waals surface area contributed by atoms with Gasteiger partial charge in [-0.25, -0.2) is 0 Å². The van der Waals surface area contributed by atoms with Gasteiger partial charge in [0.15, 0.2) is 5.78 Å². The molecule has 0 saturated heterocycles. The first-order valence-corrected chi connectivity index (χ1v) is 6.28. The molecule has 0 fully saturated rings. The number of hydrogen-bond acceptors (Lipinski definition) is 5. The number of carbonyl (C=O) groups excluding carboxylic acids is 2. The maximum absolute atomic E-state index is 12.2. The van der Waals surface area contributed by atoms with E-state index in [9.17, 15) is 19.7 Å². The number of carbonyl (C=O) groups is 2. The predicted molar refractivity (Wildman–Crippen MR) is 75.2 cm³/mol. The van der Waals surface area contributed by atoms with Crippen LogP contribution in [0.15, 0.2) is 24.4 Å². The van der Waals surface area contributed by atoms with Crippen LogP contribution in [0.1, 0.15) is 23.2 Å². The van der Waals surface area contributed by atoms with Gasteiger partial charge in [-0.1, -0.05) is 12.1 Å². The molecule has 0 spiro atoms. The highest BCUT2D eigenvalue weighted by Gasteiger charge is 2.21. The zero-order valence-electron chi connectivity index (χ0n) is 11.7. The van der Waals surface area contributed by atoms with Gasteiger partial charge in [-0.15, -0.1) is 0 Å². The lowest BCUT2D eigenvalue weighted by atomic mass is 10.1. The average molecular weight is 290 g/mol. The molecule has 1 aromatic heterocycles. The number of ketones is 1. The van der Waals surface area contributed by atoms with E-state index in [4.69, 9.17) is 0 Å². The normalized spacial score (nSPS) is 10.6. The van der Waals surface area contributed by atoms with Crippen LogP contribution in [0.25, 0.3) is 10.9 Å². The van der Waals surface area contributed by atoms with Crippen molar-refractivity contribution < 1.29 is 19.2 Å². The number of non-ortho nitro benzene ring substituents is 1. The summed E-state index contributed by atoms with van der Waals surface area (Å²) in [6.45, 7) is 0. The molecule has 21 heavy (non-hydrogen) atoms. The van der Waals surface area contributed by atoms with Gasteiger partial charge in [-0.05, 0) is 0 Å². The van der Waals surface area contributed by atoms with Gasteiger partial charge in [0, 0.05) is 36.7 Å². The number of para-hydroxylation sites is 1. The Morgan fingerprint density at radius 2 is 2.05 bits per heavy atom. The van der Waals surface area contributed by atoms with Crippen molar-refractivity contribution in [2.45, 2.75) is 12.8 Å². The van der Waals surface area contributed by atoms with Gasteiger partial charge in [0.1, 0.15) is 5.52 Å². The van der Waals surface area contributed by atoms with Gasteiger partial charge in [-0.2, -0.15) is 0 Å². The Kier molecular flexibility index (Phi) is 4.02. The van der Waals surface area contributed by atoms with E-state index in [2.05, 4.69) is 4.74 Å². The number of Topliss-reactive ketones (excluding diaryl/α,β-unsaturated/α-hetero) is 1. The van der Waals surface area contributed by atoms with Crippen LogP contribution in [-0.4, -0.2) is 28.4 Å². The molecule has 0 N–H and O–H groups in total. The minimum Gasteiger partial charge on any atom is -0.469 e. The summed E-state index contributed by atoms with van der Waals surface area (Å²) in [6.07, 6.45) is 1.55. The Labute approximate surface area is 120 Å². The van der Waals surface area contributed by atoms with Crippen LogP contribution in [-0.2, 0) is 16.6 Å². The summed E-state index contributed by atoms with van der Waals surface area (Å²) in [7, 11) is 2.90. The van der Waals surface area contributed by atoms with Crippen LogP contribution in [0.2, 0.25) is 0 Å². The maximum atomic E-state index is 12.2. The Morgan fingerprint density at radius 1 is 1.33 bits per heavy atom. The molecular weight excluding hydrogens is 276 g/mol. The fourth-order valence-corrected chi connectivity index (χ4v) is 2.27. The largest absolute Gasteiger partial charge is 0.469 e. The topological polar surface area (TPSA) is 91.4 Å². The molecule has 0 amide bonds. The number of rotatable bonds is 5. The molecule has 7 nitrogen and oxygen atoms in total. The summed E-state index contributed by atoms with van der Waals surface area (Å²) in [6, 6.07) is 4.59. The number of fused-ring (bicyclic) bond motifs is 1. The van der Waals surface area contributed by atoms with Crippen LogP contribution in [0, 0.1) is 10.1 Å². The summed E-state index contributed by atoms with van der Waals surface area (Å²) in [5.41, 5.74) is 0.714. The number of methoxy groups -OCH3 is 1. The quantitative estimate of drug-likeness (QED) is 0.364. The standard InChI is InChI=1S/C14H14N2O5/c1-15-8-10(12(17)6-7-13(18)21-2)9-4-3-5-11(14(9)15)16(19)20/h3-5,8H,6-7H2,1-2H3. The first kappa shape index (κ1) is 14.7. The highest BCUT2D eigenvalue weighted by molar-refractivity contribution is 6.10. The molecule has 7 heteroatoms. The minimum absolute atomic E-state index is 0.00841. The van der Waals surface area contributed by atoms with E-state index in [1.165, 1.54) is 19.2 Å². The van der Waals surface area contributed by atoms with Gasteiger partial charge >= 0.3 is 5.97 Å². The molecule has 2 aromatic rings. The van der Waals surface area contributed by atoms with Crippen LogP contribution >= 0.6 is 0 Å². The molecule has 0 unspecified atom stereocenters. The van der Waals surface area contributed by atoms with Crippen LogP contribution < -0.4 is 0 Å². The van der Waals surface area contributed by atoms with E-state index in [-0.39, 0.29) is 24.3 Å². The first-order valence-electron chi connectivity index (χ1n) is 6.28. The summed E-state index contributed by atoms with van der Waals surface area (Å²) in [4.78, 5) is 33.8. The minimum atomic E-state index is -0.481. The van der Waals surface area contributed by atoms with E-state index >= 15 is 0 Å². The van der Waals surface area contributed by atoms with Crippen LogP contribution in [0.3, 0.4) is 0 Å². The van der Waals surface area contributed by atoms with Crippen molar-refractivity contribution in [3.05, 3.63) is 40.1 Å². The number of esters is 1. The zero-order chi connectivity index (χ0) is 15.6. The fourth-order valence-electron chi connectivity index (χ4n) is 2.27. The number of nitro benzene ring substituents is 1. The summed E-state index contributed by atoms with van der Waals surface area (Å²) in [5.74, 6) is -0.707. The van der Waals surface area contributed by atoms with E-state index in [1.54, 1.807) is 23.9 Å². The number of aromatic nitrogens is 1. The maximum Gasteiger partial charge on any atom is 0.305 e. The monoisotopic (exact) mass is 290 g/mol. The van der Waals surface area contributed by atoms with E-state index in [1.807, 2.05) is 0 Å². The first-order chi connectivity index (χ1) is 9.95. The van der Waals surface area contributed by atoms with E-state index in [0.29, 0.717) is 16.5 Å². The van der Waals surface area contributed by atoms with Crippen molar-refractivity contribution in [2.24, 2.45) is 7.05 Å². The summed E-state index contributed by atoms with van der Waals surface area (Å²) < 4.78 is 6.05. The molecule has 1 aromatic carbocycles. The third-order valence-corrected chi connectivity index (χ3v) is 3.26. The molecule has 1 heterocycles. The molecule has 0 aliphatic carbocycles. The van der Waals surface area contributed by atoms with Crippen molar-refractivity contribution in [1.82, 2.24) is 4.57 Å². The van der Waals surface area contributed by atoms with Crippen molar-refractivity contribution in [2.75, 3.05) is 7.11 Å². The number of aryl methyl sites for hydroxylation is 1. The number of benzene rings is 1. The smallest absolute Gasteiger partial charge is 0.305 e. The van der Waals surface area contributed by atoms with Gasteiger partial charge in [0.05, 0.1) is 18.5 Å². The summed E-state index contributed by atoms with van der Waals surface area (Å²) >= 11 is 0. The Bertz CT molecular complexity index is 732. The molecule has 0 bridgehead atoms. The second-order valence-corrected chi connectivity index (χ2v) is 4.58. The lowest BCUT2D eigenvalue weighted by Crippen LogP contribution is -2.05. The average Bonchev–Trinajstić information content (AvgIpc) is 2.81. The second-order valence-electron chi connectivity index (χ2n) is 4.58. The third kappa shape index (κ3) is 2.76. The highest BCUT2D eigenvalue weighted by Crippen LogP contribution is 2.29. The molecule has 2 rings (SSSR count). The molecule has 0 radical (unpaired) electrons. The fraction of sp³-hybridized carbons (Fsp3) is 0.286. The van der Waals surface area contributed by atoms with Crippen molar-refractivity contribution >= 4 is 28.3 Å². The SMILES string of the molecule is COC(=O)CCC(=O)c1cn(C)c2c([N+](=O)[O-])cccc12. The zero-order valence-corrected chi connectivity index (χ0v) is 11.7. The van der Waals surface area contributed by atoms with Crippen molar-refractivity contribution in [3.63, 3.8) is 0 Å². The molecular formula is C14H14N2O5. The van der Waals surface area contributed by atoms with Gasteiger partial charge in [0.2, 0.25) is 0 Å². The van der Waals surface area contributed by atoms with Crippen molar-refractivity contribution in [1.29, 1.82) is 0 Å². The van der Waals surface area contributed by atoms with E-state index < -0.39 is 10.9 Å². The van der Waals surface area contributed by atoms with Crippen LogP contribution in [0.4, 0.5) is 5.69 Å². The molecule has 0 saturated carbocycles. The van der Waals surface area contributed by atoms with Gasteiger partial charge in [-0.3, -0.25) is 19.7 Å². The summed E-state index contributed by atoms with van der Waals surface area (Å²) in [5, 5.41) is 11.6. The lowest BCUT2D eigenvalue weighted by Gasteiger charge is -1.99. The highest BCUT2D eigenvalue weighted by atomic mass is 16.6. The van der Waals surface area contributed by atoms with E-state index in [0.717, 1.165) is 0 Å². The molecule has 0 aliphatic heterocycles. The van der Waals surface area contributed by atoms with Crippen LogP contribution in [0.5, 0.6) is 0 Å². The Balaban J connectivity index is 2.42. The predicted octanol–water partition coefficient (Wildman–Crippen LogP) is 2.22. The number of hydrogen-bond donors (Lipinski definition) is 0. The van der Waals surface area contributed by atoms with Crippen molar-refractivity contribution in [3.8, 4) is 0 Å². The number of ether oxygens (including phenoxy) is 1. The molecule has 0 aliphatic rings. The lowest BCUT2D eigenvalue weighted by molar-refractivity contribution is -0.383. The second kappa shape index (κ2) is 5.74. The molecule has 0 atom stereocenters. The number of nitro groups is 1. The third-order valence-electron chi connectivity index (χ3n) is 3.26. The number of nitrogens with zero attached hydrogens (tertiary/aromatic N) is 2. The van der Waals surface area contributed by atoms with Gasteiger partial charge in [0.25, 0.3) is 5.69 Å². The Morgan fingerprint density at radius 3 is 2.67 bits per heavy atom. The molecule has 110 valence electrons. The van der Waals surface area contributed by atoms with Gasteiger partial charge < -0.3 is 9.30 Å². The Hall–Kier alpha value is -2.70.